The lowest BCUT2D eigenvalue weighted by Crippen LogP contribution is -2.52. The largest absolute Gasteiger partial charge is 0.389 e. The Kier molecular flexibility index (Phi) is 3.46. The van der Waals surface area contributed by atoms with Gasteiger partial charge in [-0.15, -0.1) is 0 Å². The molecule has 0 radical (unpaired) electrons. The number of rotatable bonds is 2. The molecule has 4 heteroatoms. The number of nitrogens with zero attached hydrogens (tertiary/aromatic N) is 2. The molecule has 0 saturated carbocycles. The first-order valence-electron chi connectivity index (χ1n) is 4.40. The third-order valence-corrected chi connectivity index (χ3v) is 2.34. The van der Waals surface area contributed by atoms with Crippen LogP contribution in [0.25, 0.3) is 0 Å². The van der Waals surface area contributed by atoms with E-state index in [1.807, 2.05) is 4.90 Å². The second-order valence-corrected chi connectivity index (χ2v) is 3.49. The van der Waals surface area contributed by atoms with Crippen LogP contribution in [0.4, 0.5) is 0 Å². The van der Waals surface area contributed by atoms with Crippen molar-refractivity contribution >= 4 is 0 Å². The Bertz CT molecular complexity index is 133. The first kappa shape index (κ1) is 9.92. The fourth-order valence-electron chi connectivity index (χ4n) is 1.39. The standard InChI is InChI=1S/C8H18N2O2/c1-7(11)8(12)10-5-3-9(2)4-6-10/h7-8,11-12H,3-6H2,1-2H3. The molecule has 0 aliphatic carbocycles. The van der Waals surface area contributed by atoms with Crippen LogP contribution in [0.15, 0.2) is 0 Å². The van der Waals surface area contributed by atoms with Crippen molar-refractivity contribution in [1.82, 2.24) is 9.80 Å². The highest BCUT2D eigenvalue weighted by atomic mass is 16.3. The molecule has 1 fully saturated rings. The maximum absolute atomic E-state index is 9.49. The normalized spacial score (nSPS) is 27.0. The predicted molar refractivity (Wildman–Crippen MR) is 46.8 cm³/mol. The summed E-state index contributed by atoms with van der Waals surface area (Å²) in [7, 11) is 2.06. The fraction of sp³-hybridized carbons (Fsp3) is 1.00. The zero-order chi connectivity index (χ0) is 9.14. The maximum atomic E-state index is 9.49. The highest BCUT2D eigenvalue weighted by Gasteiger charge is 2.23. The minimum Gasteiger partial charge on any atom is -0.389 e. The van der Waals surface area contributed by atoms with Crippen molar-refractivity contribution in [2.45, 2.75) is 19.3 Å². The zero-order valence-corrected chi connectivity index (χ0v) is 7.77. The quantitative estimate of drug-likeness (QED) is 0.560. The van der Waals surface area contributed by atoms with Gasteiger partial charge in [0, 0.05) is 26.2 Å². The molecule has 2 N–H and O–H groups in total. The van der Waals surface area contributed by atoms with Gasteiger partial charge in [0.1, 0.15) is 6.23 Å². The van der Waals surface area contributed by atoms with E-state index in [-0.39, 0.29) is 0 Å². The smallest absolute Gasteiger partial charge is 0.133 e. The highest BCUT2D eigenvalue weighted by Crippen LogP contribution is 2.05. The van der Waals surface area contributed by atoms with Gasteiger partial charge in [-0.25, -0.2) is 0 Å². The number of likely N-dealkylation sites (N-methyl/N-ethyl adjacent to an activating group) is 1. The van der Waals surface area contributed by atoms with Gasteiger partial charge in [-0.1, -0.05) is 0 Å². The Morgan fingerprint density at radius 3 is 2.00 bits per heavy atom. The van der Waals surface area contributed by atoms with E-state index in [1.54, 1.807) is 6.92 Å². The summed E-state index contributed by atoms with van der Waals surface area (Å²) in [4.78, 5) is 4.12. The van der Waals surface area contributed by atoms with Gasteiger partial charge in [-0.3, -0.25) is 4.90 Å². The zero-order valence-electron chi connectivity index (χ0n) is 7.77. The molecule has 0 bridgehead atoms. The molecule has 1 saturated heterocycles. The molecule has 0 aromatic rings. The molecular formula is C8H18N2O2. The summed E-state index contributed by atoms with van der Waals surface area (Å²) in [6.07, 6.45) is -1.35. The van der Waals surface area contributed by atoms with E-state index in [2.05, 4.69) is 11.9 Å². The molecule has 1 aliphatic rings. The van der Waals surface area contributed by atoms with Crippen LogP contribution in [0.1, 0.15) is 6.92 Å². The van der Waals surface area contributed by atoms with Crippen LogP contribution in [-0.2, 0) is 0 Å². The number of hydrogen-bond acceptors (Lipinski definition) is 4. The molecule has 72 valence electrons. The molecule has 1 aliphatic heterocycles. The van der Waals surface area contributed by atoms with E-state index in [4.69, 9.17) is 5.11 Å². The van der Waals surface area contributed by atoms with Crippen LogP contribution in [0.5, 0.6) is 0 Å². The monoisotopic (exact) mass is 174 g/mol. The molecular weight excluding hydrogens is 156 g/mol. The minimum absolute atomic E-state index is 0.659. The molecule has 1 heterocycles. The molecule has 0 aromatic heterocycles. The number of hydrogen-bond donors (Lipinski definition) is 2. The first-order valence-corrected chi connectivity index (χ1v) is 4.40. The van der Waals surface area contributed by atoms with Crippen molar-refractivity contribution in [2.75, 3.05) is 33.2 Å². The van der Waals surface area contributed by atoms with Crippen molar-refractivity contribution in [3.63, 3.8) is 0 Å². The second kappa shape index (κ2) is 4.18. The Labute approximate surface area is 73.4 Å². The van der Waals surface area contributed by atoms with Crippen LogP contribution in [0.3, 0.4) is 0 Å². The summed E-state index contributed by atoms with van der Waals surface area (Å²) in [5, 5.41) is 18.6. The average molecular weight is 174 g/mol. The summed E-state index contributed by atoms with van der Waals surface area (Å²) in [5.74, 6) is 0. The third kappa shape index (κ3) is 2.42. The molecule has 0 spiro atoms. The summed E-state index contributed by atoms with van der Waals surface area (Å²) in [5.41, 5.74) is 0. The topological polar surface area (TPSA) is 46.9 Å². The third-order valence-electron chi connectivity index (χ3n) is 2.34. The fourth-order valence-corrected chi connectivity index (χ4v) is 1.39. The van der Waals surface area contributed by atoms with Crippen molar-refractivity contribution in [2.24, 2.45) is 0 Å². The van der Waals surface area contributed by atoms with Crippen LogP contribution in [-0.4, -0.2) is 65.6 Å². The van der Waals surface area contributed by atoms with Gasteiger partial charge in [0.05, 0.1) is 6.10 Å². The Morgan fingerprint density at radius 2 is 1.58 bits per heavy atom. The first-order chi connectivity index (χ1) is 5.61. The summed E-state index contributed by atoms with van der Waals surface area (Å²) >= 11 is 0. The molecule has 0 amide bonds. The summed E-state index contributed by atoms with van der Waals surface area (Å²) in [6.45, 7) is 5.21. The lowest BCUT2D eigenvalue weighted by atomic mass is 10.2. The number of aliphatic hydroxyl groups is 2. The van der Waals surface area contributed by atoms with Crippen molar-refractivity contribution in [3.8, 4) is 0 Å². The Balaban J connectivity index is 2.34. The van der Waals surface area contributed by atoms with Crippen LogP contribution < -0.4 is 0 Å². The van der Waals surface area contributed by atoms with Gasteiger partial charge >= 0.3 is 0 Å². The molecule has 0 aromatic carbocycles. The van der Waals surface area contributed by atoms with Crippen LogP contribution >= 0.6 is 0 Å². The molecule has 2 atom stereocenters. The van der Waals surface area contributed by atoms with E-state index in [0.717, 1.165) is 26.2 Å². The number of piperazine rings is 1. The lowest BCUT2D eigenvalue weighted by Gasteiger charge is -2.36. The second-order valence-electron chi connectivity index (χ2n) is 3.49. The SMILES string of the molecule is CC(O)C(O)N1CCN(C)CC1. The van der Waals surface area contributed by atoms with Crippen LogP contribution in [0, 0.1) is 0 Å². The molecule has 2 unspecified atom stereocenters. The van der Waals surface area contributed by atoms with E-state index < -0.39 is 12.3 Å². The van der Waals surface area contributed by atoms with Crippen molar-refractivity contribution in [3.05, 3.63) is 0 Å². The predicted octanol–water partition coefficient (Wildman–Crippen LogP) is -1.07. The van der Waals surface area contributed by atoms with Crippen molar-refractivity contribution in [1.29, 1.82) is 0 Å². The molecule has 4 nitrogen and oxygen atoms in total. The minimum atomic E-state index is -0.696. The Morgan fingerprint density at radius 1 is 1.08 bits per heavy atom. The van der Waals surface area contributed by atoms with Gasteiger partial charge in [0.15, 0.2) is 0 Å². The molecule has 1 rings (SSSR count). The molecule has 12 heavy (non-hydrogen) atoms. The van der Waals surface area contributed by atoms with E-state index >= 15 is 0 Å². The average Bonchev–Trinajstić information content (AvgIpc) is 2.04. The van der Waals surface area contributed by atoms with E-state index in [9.17, 15) is 5.11 Å². The van der Waals surface area contributed by atoms with Gasteiger partial charge in [-0.05, 0) is 14.0 Å². The summed E-state index contributed by atoms with van der Waals surface area (Å²) < 4.78 is 0. The van der Waals surface area contributed by atoms with Crippen molar-refractivity contribution < 1.29 is 10.2 Å². The van der Waals surface area contributed by atoms with Gasteiger partial charge in [0.25, 0.3) is 0 Å². The Hall–Kier alpha value is -0.160. The van der Waals surface area contributed by atoms with Gasteiger partial charge < -0.3 is 15.1 Å². The van der Waals surface area contributed by atoms with Gasteiger partial charge in [-0.2, -0.15) is 0 Å². The lowest BCUT2D eigenvalue weighted by molar-refractivity contribution is -0.0883. The highest BCUT2D eigenvalue weighted by molar-refractivity contribution is 4.73. The number of aliphatic hydroxyl groups excluding tert-OH is 2. The van der Waals surface area contributed by atoms with E-state index in [0.29, 0.717) is 0 Å². The summed E-state index contributed by atoms with van der Waals surface area (Å²) in [6, 6.07) is 0. The van der Waals surface area contributed by atoms with Crippen LogP contribution in [0.2, 0.25) is 0 Å². The van der Waals surface area contributed by atoms with E-state index in [1.165, 1.54) is 0 Å². The maximum Gasteiger partial charge on any atom is 0.133 e. The van der Waals surface area contributed by atoms with Gasteiger partial charge in [0.2, 0.25) is 0 Å².